The number of alkyl halides is 3. The standard InChI is InChI=1S/C14H19F3O3/c1-13(18,5-4-6-14(15,16)17)10-7-11(19-2)9-12(8-10)20-3/h7-9,18H,4-6H2,1-3H3. The first-order valence-corrected chi connectivity index (χ1v) is 6.20. The van der Waals surface area contributed by atoms with Crippen LogP contribution >= 0.6 is 0 Å². The van der Waals surface area contributed by atoms with E-state index in [9.17, 15) is 18.3 Å². The Hall–Kier alpha value is -1.43. The van der Waals surface area contributed by atoms with Crippen LogP contribution in [-0.4, -0.2) is 25.5 Å². The van der Waals surface area contributed by atoms with Crippen molar-refractivity contribution in [2.45, 2.75) is 38.0 Å². The fourth-order valence-corrected chi connectivity index (χ4v) is 1.90. The highest BCUT2D eigenvalue weighted by Crippen LogP contribution is 2.34. The third-order valence-electron chi connectivity index (χ3n) is 3.10. The van der Waals surface area contributed by atoms with Crippen molar-refractivity contribution >= 4 is 0 Å². The van der Waals surface area contributed by atoms with Gasteiger partial charge in [0.1, 0.15) is 11.5 Å². The summed E-state index contributed by atoms with van der Waals surface area (Å²) in [5.41, 5.74) is -0.900. The van der Waals surface area contributed by atoms with Gasteiger partial charge in [0.05, 0.1) is 19.8 Å². The first kappa shape index (κ1) is 16.6. The van der Waals surface area contributed by atoms with Gasteiger partial charge in [-0.3, -0.25) is 0 Å². The summed E-state index contributed by atoms with van der Waals surface area (Å²) in [6.07, 6.45) is -5.26. The molecule has 20 heavy (non-hydrogen) atoms. The number of hydrogen-bond donors (Lipinski definition) is 1. The first-order chi connectivity index (χ1) is 9.18. The molecule has 1 aromatic rings. The maximum atomic E-state index is 12.1. The molecule has 0 amide bonds. The van der Waals surface area contributed by atoms with Gasteiger partial charge in [0, 0.05) is 12.5 Å². The van der Waals surface area contributed by atoms with Crippen LogP contribution in [0.15, 0.2) is 18.2 Å². The van der Waals surface area contributed by atoms with Crippen molar-refractivity contribution in [2.24, 2.45) is 0 Å². The summed E-state index contributed by atoms with van der Waals surface area (Å²) in [5, 5.41) is 10.3. The molecule has 0 spiro atoms. The van der Waals surface area contributed by atoms with Gasteiger partial charge in [0.15, 0.2) is 0 Å². The molecule has 6 heteroatoms. The lowest BCUT2D eigenvalue weighted by atomic mass is 9.90. The van der Waals surface area contributed by atoms with E-state index in [1.807, 2.05) is 0 Å². The number of rotatable bonds is 6. The van der Waals surface area contributed by atoms with Crippen molar-refractivity contribution in [1.82, 2.24) is 0 Å². The summed E-state index contributed by atoms with van der Waals surface area (Å²) < 4.78 is 46.6. The van der Waals surface area contributed by atoms with Gasteiger partial charge in [0.25, 0.3) is 0 Å². The van der Waals surface area contributed by atoms with Crippen LogP contribution in [0.3, 0.4) is 0 Å². The van der Waals surface area contributed by atoms with Crippen LogP contribution in [-0.2, 0) is 5.60 Å². The van der Waals surface area contributed by atoms with E-state index in [1.54, 1.807) is 18.2 Å². The molecular weight excluding hydrogens is 273 g/mol. The van der Waals surface area contributed by atoms with Crippen LogP contribution in [0.4, 0.5) is 13.2 Å². The lowest BCUT2D eigenvalue weighted by Crippen LogP contribution is -2.22. The van der Waals surface area contributed by atoms with Crippen molar-refractivity contribution in [1.29, 1.82) is 0 Å². The minimum absolute atomic E-state index is 0.00281. The summed E-state index contributed by atoms with van der Waals surface area (Å²) in [6.45, 7) is 1.48. The van der Waals surface area contributed by atoms with Gasteiger partial charge < -0.3 is 14.6 Å². The molecule has 114 valence electrons. The molecule has 0 saturated heterocycles. The highest BCUT2D eigenvalue weighted by molar-refractivity contribution is 5.40. The van der Waals surface area contributed by atoms with E-state index in [2.05, 4.69) is 0 Å². The van der Waals surface area contributed by atoms with E-state index in [0.717, 1.165) is 0 Å². The first-order valence-electron chi connectivity index (χ1n) is 6.20. The van der Waals surface area contributed by atoms with Gasteiger partial charge in [-0.1, -0.05) is 0 Å². The fourth-order valence-electron chi connectivity index (χ4n) is 1.90. The second kappa shape index (κ2) is 6.35. The molecule has 0 aliphatic heterocycles. The lowest BCUT2D eigenvalue weighted by molar-refractivity contribution is -0.137. The van der Waals surface area contributed by atoms with Crippen LogP contribution < -0.4 is 9.47 Å². The van der Waals surface area contributed by atoms with Gasteiger partial charge in [0.2, 0.25) is 0 Å². The minimum Gasteiger partial charge on any atom is -0.497 e. The predicted molar refractivity (Wildman–Crippen MR) is 69.0 cm³/mol. The molecule has 1 aromatic carbocycles. The van der Waals surface area contributed by atoms with E-state index >= 15 is 0 Å². The van der Waals surface area contributed by atoms with Crippen molar-refractivity contribution in [2.75, 3.05) is 14.2 Å². The van der Waals surface area contributed by atoms with Crippen LogP contribution in [0.1, 0.15) is 31.7 Å². The highest BCUT2D eigenvalue weighted by atomic mass is 19.4. The maximum Gasteiger partial charge on any atom is 0.389 e. The Bertz CT molecular complexity index is 420. The third kappa shape index (κ3) is 4.92. The predicted octanol–water partition coefficient (Wildman–Crippen LogP) is 3.64. The van der Waals surface area contributed by atoms with Crippen molar-refractivity contribution in [3.63, 3.8) is 0 Å². The molecule has 1 rings (SSSR count). The summed E-state index contributed by atoms with van der Waals surface area (Å²) in [6, 6.07) is 4.82. The molecule has 0 aliphatic rings. The summed E-state index contributed by atoms with van der Waals surface area (Å²) in [4.78, 5) is 0. The molecule has 3 nitrogen and oxygen atoms in total. The van der Waals surface area contributed by atoms with Crippen LogP contribution in [0.25, 0.3) is 0 Å². The van der Waals surface area contributed by atoms with Crippen molar-refractivity contribution in [3.8, 4) is 11.5 Å². The maximum absolute atomic E-state index is 12.1. The number of halogens is 3. The zero-order chi connectivity index (χ0) is 15.4. The topological polar surface area (TPSA) is 38.7 Å². The summed E-state index contributed by atoms with van der Waals surface area (Å²) in [7, 11) is 2.94. The molecule has 0 radical (unpaired) electrons. The Morgan fingerprint density at radius 2 is 1.50 bits per heavy atom. The largest absolute Gasteiger partial charge is 0.497 e. The monoisotopic (exact) mass is 292 g/mol. The van der Waals surface area contributed by atoms with E-state index < -0.39 is 18.2 Å². The minimum atomic E-state index is -4.21. The Morgan fingerprint density at radius 3 is 1.90 bits per heavy atom. The zero-order valence-corrected chi connectivity index (χ0v) is 11.8. The molecule has 0 fully saturated rings. The molecular formula is C14H19F3O3. The SMILES string of the molecule is COc1cc(OC)cc(C(C)(O)CCCC(F)(F)F)c1. The van der Waals surface area contributed by atoms with Crippen LogP contribution in [0.2, 0.25) is 0 Å². The Balaban J connectivity index is 2.85. The molecule has 1 atom stereocenters. The smallest absolute Gasteiger partial charge is 0.389 e. The van der Waals surface area contributed by atoms with Crippen LogP contribution in [0.5, 0.6) is 11.5 Å². The number of benzene rings is 1. The van der Waals surface area contributed by atoms with Gasteiger partial charge in [-0.05, 0) is 37.5 Å². The number of aliphatic hydroxyl groups is 1. The molecule has 1 N–H and O–H groups in total. The Morgan fingerprint density at radius 1 is 1.00 bits per heavy atom. The quantitative estimate of drug-likeness (QED) is 0.870. The lowest BCUT2D eigenvalue weighted by Gasteiger charge is -2.25. The number of hydrogen-bond acceptors (Lipinski definition) is 3. The van der Waals surface area contributed by atoms with Crippen molar-refractivity contribution < 1.29 is 27.8 Å². The second-order valence-electron chi connectivity index (χ2n) is 4.84. The van der Waals surface area contributed by atoms with Crippen molar-refractivity contribution in [3.05, 3.63) is 23.8 Å². The van der Waals surface area contributed by atoms with Gasteiger partial charge in [-0.25, -0.2) is 0 Å². The Labute approximate surface area is 116 Å². The van der Waals surface area contributed by atoms with E-state index in [1.165, 1.54) is 21.1 Å². The molecule has 0 heterocycles. The molecule has 0 aliphatic carbocycles. The fraction of sp³-hybridized carbons (Fsp3) is 0.571. The summed E-state index contributed by atoms with van der Waals surface area (Å²) >= 11 is 0. The van der Waals surface area contributed by atoms with E-state index in [4.69, 9.17) is 9.47 Å². The second-order valence-corrected chi connectivity index (χ2v) is 4.84. The summed E-state index contributed by atoms with van der Waals surface area (Å²) in [5.74, 6) is 0.964. The van der Waals surface area contributed by atoms with Gasteiger partial charge in [-0.2, -0.15) is 13.2 Å². The molecule has 0 saturated carbocycles. The van der Waals surface area contributed by atoms with E-state index in [-0.39, 0.29) is 12.8 Å². The average Bonchev–Trinajstić information content (AvgIpc) is 2.36. The van der Waals surface area contributed by atoms with Gasteiger partial charge in [-0.15, -0.1) is 0 Å². The molecule has 0 bridgehead atoms. The average molecular weight is 292 g/mol. The van der Waals surface area contributed by atoms with Gasteiger partial charge >= 0.3 is 6.18 Å². The number of ether oxygens (including phenoxy) is 2. The molecule has 1 unspecified atom stereocenters. The Kier molecular flexibility index (Phi) is 5.28. The highest BCUT2D eigenvalue weighted by Gasteiger charge is 2.30. The molecule has 0 aromatic heterocycles. The van der Waals surface area contributed by atoms with E-state index in [0.29, 0.717) is 17.1 Å². The normalized spacial score (nSPS) is 14.8. The third-order valence-corrected chi connectivity index (χ3v) is 3.10. The number of methoxy groups -OCH3 is 2. The zero-order valence-electron chi connectivity index (χ0n) is 11.8. The van der Waals surface area contributed by atoms with Crippen LogP contribution in [0, 0.1) is 0 Å².